The summed E-state index contributed by atoms with van der Waals surface area (Å²) in [5, 5.41) is 4.94. The summed E-state index contributed by atoms with van der Waals surface area (Å²) in [4.78, 5) is 16.8. The van der Waals surface area contributed by atoms with Gasteiger partial charge in [0.1, 0.15) is 10.5 Å². The number of alkyl halides is 3. The van der Waals surface area contributed by atoms with Crippen LogP contribution in [0, 0.1) is 0 Å². The second kappa shape index (κ2) is 9.77. The molecule has 2 aromatic carbocycles. The number of fused-ring (bicyclic) bond motifs is 1. The minimum Gasteiger partial charge on any atom is -0.378 e. The lowest BCUT2D eigenvalue weighted by molar-refractivity contribution is -0.137. The van der Waals surface area contributed by atoms with E-state index in [1.54, 1.807) is 18.2 Å². The monoisotopic (exact) mass is 539 g/mol. The lowest BCUT2D eigenvalue weighted by Crippen LogP contribution is -2.37. The number of halogens is 5. The summed E-state index contributed by atoms with van der Waals surface area (Å²) >= 11 is 14.1. The predicted octanol–water partition coefficient (Wildman–Crippen LogP) is 6.58. The Morgan fingerprint density at radius 3 is 2.31 bits per heavy atom. The molecular formula is C23H18Cl2F3N5OS. The number of nitrogens with one attached hydrogen (secondary N) is 1. The number of hydrogen-bond donors (Lipinski definition) is 1. The largest absolute Gasteiger partial charge is 0.416 e. The zero-order valence-electron chi connectivity index (χ0n) is 18.1. The van der Waals surface area contributed by atoms with E-state index < -0.39 is 11.7 Å². The molecule has 4 aromatic rings. The van der Waals surface area contributed by atoms with Crippen LogP contribution in [0.5, 0.6) is 0 Å². The number of morpholine rings is 1. The highest BCUT2D eigenvalue weighted by atomic mass is 35.5. The molecule has 0 bridgehead atoms. The topological polar surface area (TPSA) is 63.2 Å². The standard InChI is InChI=1S/C23H18Cl2F3N5OS/c24-16-2-1-3-17(25)15(16)12-18-30-19-20(29-14-6-4-13(5-7-14)23(26,27)28)31-22(32-21(19)35-18)33-8-10-34-11-9-33/h1-7H,8-12H2,(H,29,31,32). The molecule has 12 heteroatoms. The van der Waals surface area contributed by atoms with E-state index in [-0.39, 0.29) is 0 Å². The number of benzene rings is 2. The number of aromatic nitrogens is 3. The maximum absolute atomic E-state index is 13.0. The third-order valence-electron chi connectivity index (χ3n) is 5.45. The Labute approximate surface area is 212 Å². The van der Waals surface area contributed by atoms with Crippen molar-refractivity contribution >= 4 is 62.3 Å². The van der Waals surface area contributed by atoms with Crippen LogP contribution in [0.2, 0.25) is 10.0 Å². The molecule has 2 aromatic heterocycles. The number of anilines is 3. The smallest absolute Gasteiger partial charge is 0.378 e. The third-order valence-corrected chi connectivity index (χ3v) is 7.11. The van der Waals surface area contributed by atoms with Crippen LogP contribution in [0.3, 0.4) is 0 Å². The van der Waals surface area contributed by atoms with Gasteiger partial charge in [-0.1, -0.05) is 40.6 Å². The van der Waals surface area contributed by atoms with Crippen LogP contribution >= 0.6 is 34.5 Å². The second-order valence-electron chi connectivity index (χ2n) is 7.81. The van der Waals surface area contributed by atoms with Crippen LogP contribution in [0.15, 0.2) is 42.5 Å². The summed E-state index contributed by atoms with van der Waals surface area (Å²) in [6.07, 6.45) is -4.00. The van der Waals surface area contributed by atoms with E-state index in [4.69, 9.17) is 37.9 Å². The van der Waals surface area contributed by atoms with Gasteiger partial charge in [-0.2, -0.15) is 23.1 Å². The Morgan fingerprint density at radius 2 is 1.66 bits per heavy atom. The number of nitrogens with zero attached hydrogens (tertiary/aromatic N) is 4. The first-order valence-electron chi connectivity index (χ1n) is 10.7. The lowest BCUT2D eigenvalue weighted by atomic mass is 10.1. The van der Waals surface area contributed by atoms with Crippen LogP contribution in [0.25, 0.3) is 10.3 Å². The van der Waals surface area contributed by atoms with Crippen molar-refractivity contribution in [2.24, 2.45) is 0 Å². The molecule has 3 heterocycles. The van der Waals surface area contributed by atoms with Gasteiger partial charge in [0.15, 0.2) is 10.6 Å². The van der Waals surface area contributed by atoms with Crippen molar-refractivity contribution in [3.05, 3.63) is 68.6 Å². The van der Waals surface area contributed by atoms with Crippen LogP contribution in [0.4, 0.5) is 30.6 Å². The van der Waals surface area contributed by atoms with Crippen molar-refractivity contribution in [3.63, 3.8) is 0 Å². The molecule has 0 atom stereocenters. The molecule has 1 N–H and O–H groups in total. The van der Waals surface area contributed by atoms with Gasteiger partial charge in [0.2, 0.25) is 5.95 Å². The molecule has 1 saturated heterocycles. The first-order chi connectivity index (χ1) is 16.8. The molecule has 0 radical (unpaired) electrons. The molecule has 0 spiro atoms. The summed E-state index contributed by atoms with van der Waals surface area (Å²) in [7, 11) is 0. The van der Waals surface area contributed by atoms with Crippen molar-refractivity contribution in [3.8, 4) is 0 Å². The summed E-state index contributed by atoms with van der Waals surface area (Å²) < 4.78 is 44.3. The molecule has 1 aliphatic heterocycles. The lowest BCUT2D eigenvalue weighted by Gasteiger charge is -2.27. The average molecular weight is 540 g/mol. The van der Waals surface area contributed by atoms with E-state index in [1.165, 1.54) is 23.5 Å². The van der Waals surface area contributed by atoms with Gasteiger partial charge in [-0.25, -0.2) is 4.98 Å². The summed E-state index contributed by atoms with van der Waals surface area (Å²) in [6.45, 7) is 2.38. The molecule has 1 fully saturated rings. The van der Waals surface area contributed by atoms with Crippen LogP contribution in [-0.2, 0) is 17.3 Å². The van der Waals surface area contributed by atoms with Crippen molar-refractivity contribution < 1.29 is 17.9 Å². The molecule has 0 saturated carbocycles. The number of thiazole rings is 1. The highest BCUT2D eigenvalue weighted by Crippen LogP contribution is 2.35. The highest BCUT2D eigenvalue weighted by Gasteiger charge is 2.30. The van der Waals surface area contributed by atoms with E-state index in [2.05, 4.69) is 10.3 Å². The van der Waals surface area contributed by atoms with Gasteiger partial charge < -0.3 is 15.0 Å². The van der Waals surface area contributed by atoms with Crippen molar-refractivity contribution in [2.45, 2.75) is 12.6 Å². The first-order valence-corrected chi connectivity index (χ1v) is 12.2. The normalized spacial score (nSPS) is 14.5. The van der Waals surface area contributed by atoms with Gasteiger partial charge >= 0.3 is 6.18 Å². The SMILES string of the molecule is FC(F)(F)c1ccc(Nc2nc(N3CCOCC3)nc3sc(Cc4c(Cl)cccc4Cl)nc23)cc1. The second-order valence-corrected chi connectivity index (χ2v) is 9.69. The number of ether oxygens (including phenoxy) is 1. The zero-order valence-corrected chi connectivity index (χ0v) is 20.4. The Kier molecular flexibility index (Phi) is 6.71. The fourth-order valence-electron chi connectivity index (χ4n) is 3.65. The summed E-state index contributed by atoms with van der Waals surface area (Å²) in [6, 6.07) is 10.1. The van der Waals surface area contributed by atoms with E-state index in [0.717, 1.165) is 22.7 Å². The molecule has 0 amide bonds. The zero-order chi connectivity index (χ0) is 24.6. The average Bonchev–Trinajstić information content (AvgIpc) is 3.25. The van der Waals surface area contributed by atoms with Gasteiger partial charge in [-0.05, 0) is 42.0 Å². The highest BCUT2D eigenvalue weighted by molar-refractivity contribution is 7.18. The number of rotatable bonds is 5. The van der Waals surface area contributed by atoms with Gasteiger partial charge in [-0.15, -0.1) is 0 Å². The maximum Gasteiger partial charge on any atom is 0.416 e. The maximum atomic E-state index is 13.0. The van der Waals surface area contributed by atoms with Gasteiger partial charge in [-0.3, -0.25) is 0 Å². The van der Waals surface area contributed by atoms with E-state index >= 15 is 0 Å². The number of hydrogen-bond acceptors (Lipinski definition) is 7. The van der Waals surface area contributed by atoms with Crippen molar-refractivity contribution in [2.75, 3.05) is 36.5 Å². The molecule has 5 rings (SSSR count). The van der Waals surface area contributed by atoms with Crippen LogP contribution in [-0.4, -0.2) is 41.3 Å². The van der Waals surface area contributed by atoms with Gasteiger partial charge in [0.25, 0.3) is 0 Å². The van der Waals surface area contributed by atoms with Crippen LogP contribution < -0.4 is 10.2 Å². The van der Waals surface area contributed by atoms with Crippen LogP contribution in [0.1, 0.15) is 16.1 Å². The molecule has 35 heavy (non-hydrogen) atoms. The van der Waals surface area contributed by atoms with Gasteiger partial charge in [0, 0.05) is 35.2 Å². The Morgan fingerprint density at radius 1 is 0.971 bits per heavy atom. The summed E-state index contributed by atoms with van der Waals surface area (Å²) in [5.74, 6) is 0.908. The fraction of sp³-hybridized carbons (Fsp3) is 0.261. The van der Waals surface area contributed by atoms with Crippen molar-refractivity contribution in [1.29, 1.82) is 0 Å². The molecule has 0 unspecified atom stereocenters. The molecule has 0 aliphatic carbocycles. The first kappa shape index (κ1) is 24.1. The minimum absolute atomic E-state index is 0.406. The Balaban J connectivity index is 1.53. The van der Waals surface area contributed by atoms with Crippen molar-refractivity contribution in [1.82, 2.24) is 15.0 Å². The molecule has 182 valence electrons. The summed E-state index contributed by atoms with van der Waals surface area (Å²) in [5.41, 5.74) is 1.01. The van der Waals surface area contributed by atoms with E-state index in [1.807, 2.05) is 4.90 Å². The molecule has 6 nitrogen and oxygen atoms in total. The van der Waals surface area contributed by atoms with Gasteiger partial charge in [0.05, 0.1) is 18.8 Å². The Hall–Kier alpha value is -2.66. The van der Waals surface area contributed by atoms with E-state index in [9.17, 15) is 13.2 Å². The quantitative estimate of drug-likeness (QED) is 0.309. The minimum atomic E-state index is -4.41. The van der Waals surface area contributed by atoms with E-state index in [0.29, 0.717) is 70.6 Å². The molecular weight excluding hydrogens is 522 g/mol. The third kappa shape index (κ3) is 5.30. The fourth-order valence-corrected chi connectivity index (χ4v) is 5.13. The predicted molar refractivity (Wildman–Crippen MR) is 132 cm³/mol. The Bertz CT molecular complexity index is 1340. The molecule has 1 aliphatic rings.